The number of pyridine rings is 1. The van der Waals surface area contributed by atoms with Gasteiger partial charge >= 0.3 is 0 Å². The minimum absolute atomic E-state index is 0.261. The predicted octanol–water partition coefficient (Wildman–Crippen LogP) is 2.16. The van der Waals surface area contributed by atoms with Crippen LogP contribution in [-0.4, -0.2) is 13.4 Å². The van der Waals surface area contributed by atoms with Gasteiger partial charge in [0.05, 0.1) is 4.90 Å². The van der Waals surface area contributed by atoms with Crippen molar-refractivity contribution in [1.82, 2.24) is 9.71 Å². The number of aromatic nitrogens is 1. The molecule has 2 rings (SSSR count). The number of nitrogens with zero attached hydrogens (tertiary/aromatic N) is 1. The molecule has 0 radical (unpaired) electrons. The summed E-state index contributed by atoms with van der Waals surface area (Å²) in [6.07, 6.45) is 3.27. The van der Waals surface area contributed by atoms with Crippen LogP contribution in [0.3, 0.4) is 0 Å². The van der Waals surface area contributed by atoms with Gasteiger partial charge in [-0.25, -0.2) is 13.1 Å². The molecule has 0 aliphatic heterocycles. The zero-order valence-electron chi connectivity index (χ0n) is 9.38. The molecule has 6 heteroatoms. The highest BCUT2D eigenvalue weighted by atomic mass is 127. The van der Waals surface area contributed by atoms with E-state index in [0.29, 0.717) is 0 Å². The molecule has 0 aliphatic rings. The molecule has 1 aromatic carbocycles. The second kappa shape index (κ2) is 5.77. The van der Waals surface area contributed by atoms with Gasteiger partial charge in [-0.05, 0) is 64.6 Å². The van der Waals surface area contributed by atoms with Crippen LogP contribution in [0, 0.1) is 3.57 Å². The van der Waals surface area contributed by atoms with Crippen LogP contribution in [0.25, 0.3) is 0 Å². The van der Waals surface area contributed by atoms with Crippen molar-refractivity contribution in [2.75, 3.05) is 0 Å². The molecule has 18 heavy (non-hydrogen) atoms. The fourth-order valence-electron chi connectivity index (χ4n) is 1.38. The molecular formula is C12H11IN2O2S. The molecule has 0 saturated carbocycles. The lowest BCUT2D eigenvalue weighted by Gasteiger charge is -2.06. The molecule has 0 bridgehead atoms. The van der Waals surface area contributed by atoms with Crippen molar-refractivity contribution in [2.45, 2.75) is 11.4 Å². The molecule has 0 unspecified atom stereocenters. The summed E-state index contributed by atoms with van der Waals surface area (Å²) in [7, 11) is -3.45. The molecule has 0 saturated heterocycles. The summed E-state index contributed by atoms with van der Waals surface area (Å²) in [6, 6.07) is 10.3. The normalized spacial score (nSPS) is 11.4. The third kappa shape index (κ3) is 3.50. The molecule has 1 heterocycles. The van der Waals surface area contributed by atoms with Crippen molar-refractivity contribution in [3.05, 3.63) is 57.9 Å². The number of nitrogens with one attached hydrogen (secondary N) is 1. The number of sulfonamides is 1. The van der Waals surface area contributed by atoms with E-state index in [1.165, 1.54) is 0 Å². The van der Waals surface area contributed by atoms with Gasteiger partial charge in [0.2, 0.25) is 10.0 Å². The zero-order valence-corrected chi connectivity index (χ0v) is 12.3. The van der Waals surface area contributed by atoms with Crippen molar-refractivity contribution >= 4 is 32.6 Å². The van der Waals surface area contributed by atoms with E-state index in [4.69, 9.17) is 0 Å². The van der Waals surface area contributed by atoms with E-state index in [0.717, 1.165) is 9.13 Å². The predicted molar refractivity (Wildman–Crippen MR) is 77.4 cm³/mol. The van der Waals surface area contributed by atoms with E-state index in [2.05, 4.69) is 32.3 Å². The molecule has 0 amide bonds. The molecule has 0 fully saturated rings. The largest absolute Gasteiger partial charge is 0.265 e. The van der Waals surface area contributed by atoms with Gasteiger partial charge in [-0.1, -0.05) is 0 Å². The van der Waals surface area contributed by atoms with Crippen LogP contribution in [-0.2, 0) is 16.6 Å². The fourth-order valence-corrected chi connectivity index (χ4v) is 2.75. The monoisotopic (exact) mass is 374 g/mol. The van der Waals surface area contributed by atoms with Crippen LogP contribution in [0.4, 0.5) is 0 Å². The quantitative estimate of drug-likeness (QED) is 0.835. The van der Waals surface area contributed by atoms with Gasteiger partial charge in [-0.2, -0.15) is 0 Å². The summed E-state index contributed by atoms with van der Waals surface area (Å²) in [5, 5.41) is 0. The summed E-state index contributed by atoms with van der Waals surface area (Å²) in [5.74, 6) is 0. The van der Waals surface area contributed by atoms with E-state index in [1.54, 1.807) is 48.8 Å². The second-order valence-electron chi connectivity index (χ2n) is 3.63. The SMILES string of the molecule is O=S(=O)(NCc1ccncc1)c1ccc(I)cc1. The van der Waals surface area contributed by atoms with E-state index in [1.807, 2.05) is 0 Å². The van der Waals surface area contributed by atoms with E-state index < -0.39 is 10.0 Å². The van der Waals surface area contributed by atoms with Crippen LogP contribution in [0.15, 0.2) is 53.7 Å². The Balaban J connectivity index is 2.11. The van der Waals surface area contributed by atoms with Crippen LogP contribution >= 0.6 is 22.6 Å². The first-order valence-electron chi connectivity index (χ1n) is 5.22. The van der Waals surface area contributed by atoms with E-state index in [-0.39, 0.29) is 11.4 Å². The number of hydrogen-bond acceptors (Lipinski definition) is 3. The maximum Gasteiger partial charge on any atom is 0.240 e. The minimum atomic E-state index is -3.45. The Kier molecular flexibility index (Phi) is 4.31. The number of hydrogen-bond donors (Lipinski definition) is 1. The third-order valence-corrected chi connectivity index (χ3v) is 4.48. The van der Waals surface area contributed by atoms with Crippen LogP contribution in [0.5, 0.6) is 0 Å². The standard InChI is InChI=1S/C12H11IN2O2S/c13-11-1-3-12(4-2-11)18(16,17)15-9-10-5-7-14-8-6-10/h1-8,15H,9H2. The van der Waals surface area contributed by atoms with E-state index in [9.17, 15) is 8.42 Å². The fraction of sp³-hybridized carbons (Fsp3) is 0.0833. The highest BCUT2D eigenvalue weighted by Crippen LogP contribution is 2.12. The molecule has 1 aromatic heterocycles. The van der Waals surface area contributed by atoms with Gasteiger partial charge in [0.1, 0.15) is 0 Å². The number of rotatable bonds is 4. The molecule has 94 valence electrons. The summed E-state index contributed by atoms with van der Waals surface area (Å²) < 4.78 is 27.5. The average molecular weight is 374 g/mol. The lowest BCUT2D eigenvalue weighted by atomic mass is 10.3. The van der Waals surface area contributed by atoms with Gasteiger partial charge in [0, 0.05) is 22.5 Å². The highest BCUT2D eigenvalue weighted by Gasteiger charge is 2.12. The maximum absolute atomic E-state index is 12.0. The molecule has 0 spiro atoms. The average Bonchev–Trinajstić information content (AvgIpc) is 2.38. The van der Waals surface area contributed by atoms with Crippen LogP contribution < -0.4 is 4.72 Å². The zero-order chi connectivity index (χ0) is 13.0. The molecule has 1 N–H and O–H groups in total. The first-order valence-corrected chi connectivity index (χ1v) is 7.78. The van der Waals surface area contributed by atoms with Gasteiger partial charge in [0.15, 0.2) is 0 Å². The van der Waals surface area contributed by atoms with Gasteiger partial charge < -0.3 is 0 Å². The van der Waals surface area contributed by atoms with Crippen molar-refractivity contribution in [1.29, 1.82) is 0 Å². The third-order valence-electron chi connectivity index (χ3n) is 2.34. The smallest absolute Gasteiger partial charge is 0.240 e. The first kappa shape index (κ1) is 13.4. The molecule has 2 aromatic rings. The van der Waals surface area contributed by atoms with Crippen molar-refractivity contribution in [3.63, 3.8) is 0 Å². The molecule has 4 nitrogen and oxygen atoms in total. The lowest BCUT2D eigenvalue weighted by molar-refractivity contribution is 0.581. The Morgan fingerprint density at radius 2 is 1.67 bits per heavy atom. The van der Waals surface area contributed by atoms with E-state index >= 15 is 0 Å². The number of halogens is 1. The number of benzene rings is 1. The Bertz CT molecular complexity index is 612. The Labute approximate surface area is 120 Å². The van der Waals surface area contributed by atoms with Gasteiger partial charge in [-0.15, -0.1) is 0 Å². The van der Waals surface area contributed by atoms with Crippen molar-refractivity contribution in [2.24, 2.45) is 0 Å². The topological polar surface area (TPSA) is 59.1 Å². The molecule has 0 aliphatic carbocycles. The Hall–Kier alpha value is -0.990. The molecule has 0 atom stereocenters. The van der Waals surface area contributed by atoms with Gasteiger partial charge in [-0.3, -0.25) is 4.98 Å². The minimum Gasteiger partial charge on any atom is -0.265 e. The highest BCUT2D eigenvalue weighted by molar-refractivity contribution is 14.1. The first-order chi connectivity index (χ1) is 8.58. The van der Waals surface area contributed by atoms with Gasteiger partial charge in [0.25, 0.3) is 0 Å². The van der Waals surface area contributed by atoms with Crippen LogP contribution in [0.1, 0.15) is 5.56 Å². The summed E-state index contributed by atoms with van der Waals surface area (Å²) in [6.45, 7) is 0.261. The maximum atomic E-state index is 12.0. The Morgan fingerprint density at radius 1 is 1.06 bits per heavy atom. The lowest BCUT2D eigenvalue weighted by Crippen LogP contribution is -2.23. The second-order valence-corrected chi connectivity index (χ2v) is 6.65. The summed E-state index contributed by atoms with van der Waals surface area (Å²) >= 11 is 2.13. The summed E-state index contributed by atoms with van der Waals surface area (Å²) in [4.78, 5) is 4.15. The molecular weight excluding hydrogens is 363 g/mol. The summed E-state index contributed by atoms with van der Waals surface area (Å²) in [5.41, 5.74) is 0.874. The Morgan fingerprint density at radius 3 is 2.28 bits per heavy atom. The van der Waals surface area contributed by atoms with Crippen LogP contribution in [0.2, 0.25) is 0 Å². The van der Waals surface area contributed by atoms with Crippen molar-refractivity contribution in [3.8, 4) is 0 Å². The van der Waals surface area contributed by atoms with Crippen molar-refractivity contribution < 1.29 is 8.42 Å².